The van der Waals surface area contributed by atoms with Gasteiger partial charge in [-0.15, -0.1) is 4.90 Å². The number of benzene rings is 1. The van der Waals surface area contributed by atoms with Gasteiger partial charge in [0.25, 0.3) is 0 Å². The lowest BCUT2D eigenvalue weighted by molar-refractivity contribution is -0.377. The maximum absolute atomic E-state index is 12.6. The van der Waals surface area contributed by atoms with Gasteiger partial charge in [0.1, 0.15) is 5.82 Å². The first-order valence-electron chi connectivity index (χ1n) is 4.26. The van der Waals surface area contributed by atoms with E-state index >= 15 is 0 Å². The lowest BCUT2D eigenvalue weighted by Gasteiger charge is -2.26. The standard InChI is InChI=1S/C9H6F7N/c10-7-3-1-2-6(4-7)5-17(8(11,12)13)9(14,15)16/h1-4H,5H2. The van der Waals surface area contributed by atoms with Crippen LogP contribution in [0.4, 0.5) is 30.7 Å². The molecule has 0 radical (unpaired) electrons. The fourth-order valence-corrected chi connectivity index (χ4v) is 1.14. The number of rotatable bonds is 2. The molecule has 1 rings (SSSR count). The Bertz CT molecular complexity index is 368. The predicted molar refractivity (Wildman–Crippen MR) is 44.1 cm³/mol. The molecule has 17 heavy (non-hydrogen) atoms. The molecule has 0 N–H and O–H groups in total. The summed E-state index contributed by atoms with van der Waals surface area (Å²) in [6, 6.07) is 3.56. The van der Waals surface area contributed by atoms with Crippen molar-refractivity contribution >= 4 is 0 Å². The molecule has 0 aliphatic heterocycles. The second-order valence-electron chi connectivity index (χ2n) is 3.15. The van der Waals surface area contributed by atoms with Crippen LogP contribution in [-0.2, 0) is 6.54 Å². The Balaban J connectivity index is 2.96. The Hall–Kier alpha value is -1.31. The minimum atomic E-state index is -5.56. The fourth-order valence-electron chi connectivity index (χ4n) is 1.14. The maximum atomic E-state index is 12.6. The number of halogens is 7. The van der Waals surface area contributed by atoms with Crippen molar-refractivity contribution in [3.05, 3.63) is 35.6 Å². The third-order valence-corrected chi connectivity index (χ3v) is 1.84. The molecule has 8 heteroatoms. The van der Waals surface area contributed by atoms with E-state index in [9.17, 15) is 30.7 Å². The van der Waals surface area contributed by atoms with Crippen molar-refractivity contribution in [1.82, 2.24) is 4.90 Å². The van der Waals surface area contributed by atoms with Gasteiger partial charge >= 0.3 is 12.6 Å². The fraction of sp³-hybridized carbons (Fsp3) is 0.333. The topological polar surface area (TPSA) is 3.24 Å². The van der Waals surface area contributed by atoms with Crippen LogP contribution in [0.15, 0.2) is 24.3 Å². The SMILES string of the molecule is Fc1cccc(CN(C(F)(F)F)C(F)(F)F)c1. The monoisotopic (exact) mass is 261 g/mol. The van der Waals surface area contributed by atoms with Gasteiger partial charge < -0.3 is 0 Å². The second-order valence-corrected chi connectivity index (χ2v) is 3.15. The zero-order chi connectivity index (χ0) is 13.3. The average Bonchev–Trinajstić information content (AvgIpc) is 2.10. The van der Waals surface area contributed by atoms with Gasteiger partial charge in [-0.3, -0.25) is 0 Å². The van der Waals surface area contributed by atoms with Gasteiger partial charge in [-0.2, -0.15) is 26.3 Å². The summed E-state index contributed by atoms with van der Waals surface area (Å²) in [4.78, 5) is -1.62. The maximum Gasteiger partial charge on any atom is 0.467 e. The summed E-state index contributed by atoms with van der Waals surface area (Å²) in [5, 5.41) is 0. The molecule has 1 nitrogen and oxygen atoms in total. The highest BCUT2D eigenvalue weighted by atomic mass is 19.4. The first kappa shape index (κ1) is 13.8. The lowest BCUT2D eigenvalue weighted by Crippen LogP contribution is -2.47. The molecule has 0 spiro atoms. The number of alkyl halides is 6. The Labute approximate surface area is 91.4 Å². The van der Waals surface area contributed by atoms with E-state index in [1.807, 2.05) is 0 Å². The summed E-state index contributed by atoms with van der Waals surface area (Å²) in [7, 11) is 0. The molecule has 0 aliphatic carbocycles. The minimum Gasteiger partial charge on any atom is -0.207 e. The Kier molecular flexibility index (Phi) is 3.65. The van der Waals surface area contributed by atoms with E-state index in [1.165, 1.54) is 0 Å². The molecule has 96 valence electrons. The van der Waals surface area contributed by atoms with E-state index in [0.29, 0.717) is 6.07 Å². The zero-order valence-corrected chi connectivity index (χ0v) is 8.11. The van der Waals surface area contributed by atoms with Gasteiger partial charge in [0.15, 0.2) is 0 Å². The highest BCUT2D eigenvalue weighted by Crippen LogP contribution is 2.34. The molecule has 0 aromatic heterocycles. The molecule has 0 saturated heterocycles. The first-order valence-corrected chi connectivity index (χ1v) is 4.26. The zero-order valence-electron chi connectivity index (χ0n) is 8.11. The van der Waals surface area contributed by atoms with Gasteiger partial charge in [0.2, 0.25) is 0 Å². The van der Waals surface area contributed by atoms with Gasteiger partial charge in [-0.05, 0) is 17.7 Å². The summed E-state index contributed by atoms with van der Waals surface area (Å²) in [5.41, 5.74) is -0.417. The van der Waals surface area contributed by atoms with Gasteiger partial charge in [-0.1, -0.05) is 12.1 Å². The van der Waals surface area contributed by atoms with Crippen molar-refractivity contribution in [1.29, 1.82) is 0 Å². The van der Waals surface area contributed by atoms with Crippen molar-refractivity contribution < 1.29 is 30.7 Å². The highest BCUT2D eigenvalue weighted by Gasteiger charge is 2.53. The summed E-state index contributed by atoms with van der Waals surface area (Å²) < 4.78 is 85.3. The Morgan fingerprint density at radius 3 is 1.88 bits per heavy atom. The van der Waals surface area contributed by atoms with Crippen molar-refractivity contribution in [3.63, 3.8) is 0 Å². The Morgan fingerprint density at radius 1 is 0.941 bits per heavy atom. The lowest BCUT2D eigenvalue weighted by atomic mass is 10.2. The van der Waals surface area contributed by atoms with Crippen molar-refractivity contribution in [3.8, 4) is 0 Å². The molecule has 1 aromatic carbocycles. The summed E-state index contributed by atoms with van der Waals surface area (Å²) in [6.07, 6.45) is -11.1. The smallest absolute Gasteiger partial charge is 0.207 e. The van der Waals surface area contributed by atoms with Gasteiger partial charge in [0, 0.05) is 6.54 Å². The minimum absolute atomic E-state index is 0.417. The molecule has 0 bridgehead atoms. The third-order valence-electron chi connectivity index (χ3n) is 1.84. The molecule has 1 aromatic rings. The van der Waals surface area contributed by atoms with Crippen LogP contribution in [0.25, 0.3) is 0 Å². The van der Waals surface area contributed by atoms with Crippen LogP contribution in [0, 0.1) is 5.82 Å². The van der Waals surface area contributed by atoms with E-state index in [2.05, 4.69) is 0 Å². The molecular formula is C9H6F7N. The van der Waals surface area contributed by atoms with E-state index in [0.717, 1.165) is 18.2 Å². The second kappa shape index (κ2) is 4.52. The quantitative estimate of drug-likeness (QED) is 0.580. The molecule has 0 aliphatic rings. The van der Waals surface area contributed by atoms with Crippen LogP contribution in [0.5, 0.6) is 0 Å². The van der Waals surface area contributed by atoms with Crippen LogP contribution >= 0.6 is 0 Å². The number of hydrogen-bond donors (Lipinski definition) is 0. The molecule has 0 atom stereocenters. The molecule has 0 heterocycles. The average molecular weight is 261 g/mol. The summed E-state index contributed by atoms with van der Waals surface area (Å²) >= 11 is 0. The largest absolute Gasteiger partial charge is 0.467 e. The molecule has 0 saturated carbocycles. The van der Waals surface area contributed by atoms with Crippen LogP contribution in [-0.4, -0.2) is 17.5 Å². The van der Waals surface area contributed by atoms with Crippen molar-refractivity contribution in [2.45, 2.75) is 19.1 Å². The number of nitrogens with zero attached hydrogens (tertiary/aromatic N) is 1. The predicted octanol–water partition coefficient (Wildman–Crippen LogP) is 3.67. The molecule has 0 amide bonds. The normalized spacial score (nSPS) is 13.2. The summed E-state index contributed by atoms with van der Waals surface area (Å²) in [6.45, 7) is -1.48. The van der Waals surface area contributed by atoms with Crippen LogP contribution in [0.3, 0.4) is 0 Å². The summed E-state index contributed by atoms with van der Waals surface area (Å²) in [5.74, 6) is -0.896. The van der Waals surface area contributed by atoms with Crippen LogP contribution < -0.4 is 0 Å². The number of hydrogen-bond acceptors (Lipinski definition) is 1. The Morgan fingerprint density at radius 2 is 1.47 bits per heavy atom. The van der Waals surface area contributed by atoms with Crippen LogP contribution in [0.2, 0.25) is 0 Å². The van der Waals surface area contributed by atoms with Crippen molar-refractivity contribution in [2.75, 3.05) is 0 Å². The van der Waals surface area contributed by atoms with E-state index < -0.39 is 35.4 Å². The van der Waals surface area contributed by atoms with Gasteiger partial charge in [-0.25, -0.2) is 4.39 Å². The van der Waals surface area contributed by atoms with E-state index in [1.54, 1.807) is 0 Å². The third kappa shape index (κ3) is 3.88. The molecular weight excluding hydrogens is 255 g/mol. The molecule has 0 fully saturated rings. The van der Waals surface area contributed by atoms with Crippen LogP contribution in [0.1, 0.15) is 5.56 Å². The first-order chi connectivity index (χ1) is 7.60. The van der Waals surface area contributed by atoms with Crippen molar-refractivity contribution in [2.24, 2.45) is 0 Å². The van der Waals surface area contributed by atoms with E-state index in [-0.39, 0.29) is 0 Å². The highest BCUT2D eigenvalue weighted by molar-refractivity contribution is 5.16. The molecule has 0 unspecified atom stereocenters. The van der Waals surface area contributed by atoms with Gasteiger partial charge in [0.05, 0.1) is 0 Å². The van der Waals surface area contributed by atoms with E-state index in [4.69, 9.17) is 0 Å².